The summed E-state index contributed by atoms with van der Waals surface area (Å²) in [6.45, 7) is 9.82. The number of nitrogens with zero attached hydrogens (tertiary/aromatic N) is 2. The number of hydrogen-bond donors (Lipinski definition) is 2. The van der Waals surface area contributed by atoms with Gasteiger partial charge in [-0.15, -0.1) is 24.9 Å². The predicted molar refractivity (Wildman–Crippen MR) is 153 cm³/mol. The number of halogens is 2. The van der Waals surface area contributed by atoms with Crippen molar-refractivity contribution in [2.45, 2.75) is 44.6 Å². The molecule has 0 saturated carbocycles. The van der Waals surface area contributed by atoms with Crippen LogP contribution in [0.2, 0.25) is 5.02 Å². The smallest absolute Gasteiger partial charge is 0.270 e. The number of thiazole rings is 1. The van der Waals surface area contributed by atoms with Gasteiger partial charge in [-0.3, -0.25) is 9.59 Å². The molecule has 6 nitrogen and oxygen atoms in total. The Morgan fingerprint density at radius 1 is 1.30 bits per heavy atom. The highest BCUT2D eigenvalue weighted by molar-refractivity contribution is 7.99. The Labute approximate surface area is 230 Å². The summed E-state index contributed by atoms with van der Waals surface area (Å²) in [7, 11) is 0. The van der Waals surface area contributed by atoms with Crippen LogP contribution in [-0.4, -0.2) is 39.8 Å². The van der Waals surface area contributed by atoms with Gasteiger partial charge in [0, 0.05) is 23.6 Å². The third-order valence-electron chi connectivity index (χ3n) is 5.07. The first-order valence-electron chi connectivity index (χ1n) is 11.1. The van der Waals surface area contributed by atoms with Crippen LogP contribution in [0.4, 0.5) is 15.2 Å². The fraction of sp³-hybridized carbons (Fsp3) is 0.296. The van der Waals surface area contributed by atoms with Gasteiger partial charge in [0.1, 0.15) is 10.7 Å². The van der Waals surface area contributed by atoms with Gasteiger partial charge in [0.15, 0.2) is 5.13 Å². The van der Waals surface area contributed by atoms with E-state index in [1.54, 1.807) is 49.1 Å². The van der Waals surface area contributed by atoms with E-state index < -0.39 is 17.3 Å². The summed E-state index contributed by atoms with van der Waals surface area (Å²) in [5, 5.41) is 13.3. The van der Waals surface area contributed by atoms with Crippen molar-refractivity contribution in [2.75, 3.05) is 22.5 Å². The van der Waals surface area contributed by atoms with Crippen LogP contribution in [0.5, 0.6) is 0 Å². The zero-order valence-electron chi connectivity index (χ0n) is 20.0. The summed E-state index contributed by atoms with van der Waals surface area (Å²) in [6, 6.07) is 11.8. The van der Waals surface area contributed by atoms with Gasteiger partial charge in [0.25, 0.3) is 5.91 Å². The van der Waals surface area contributed by atoms with Crippen LogP contribution in [-0.2, 0) is 17.6 Å². The van der Waals surface area contributed by atoms with Crippen LogP contribution in [0.3, 0.4) is 0 Å². The number of aromatic nitrogens is 1. The van der Waals surface area contributed by atoms with Gasteiger partial charge in [-0.05, 0) is 43.7 Å². The van der Waals surface area contributed by atoms with Crippen molar-refractivity contribution in [1.82, 2.24) is 4.98 Å². The molecule has 0 aliphatic carbocycles. The van der Waals surface area contributed by atoms with E-state index in [9.17, 15) is 19.1 Å². The van der Waals surface area contributed by atoms with Crippen molar-refractivity contribution >= 4 is 57.3 Å². The lowest BCUT2D eigenvalue weighted by molar-refractivity contribution is -0.115. The number of thioether (sulfide) groups is 1. The highest BCUT2D eigenvalue weighted by Gasteiger charge is 2.30. The first-order valence-corrected chi connectivity index (χ1v) is 13.3. The molecule has 1 aliphatic rings. The summed E-state index contributed by atoms with van der Waals surface area (Å²) >= 11 is 8.70. The summed E-state index contributed by atoms with van der Waals surface area (Å²) in [5.41, 5.74) is 0.664. The Hall–Kier alpha value is -2.72. The molecule has 10 heteroatoms. The minimum absolute atomic E-state index is 0. The summed E-state index contributed by atoms with van der Waals surface area (Å²) < 4.78 is 14.5. The van der Waals surface area contributed by atoms with E-state index in [1.807, 2.05) is 6.07 Å². The second kappa shape index (κ2) is 13.2. The van der Waals surface area contributed by atoms with E-state index in [0.717, 1.165) is 11.3 Å². The van der Waals surface area contributed by atoms with Gasteiger partial charge in [-0.25, -0.2) is 9.37 Å². The zero-order valence-corrected chi connectivity index (χ0v) is 22.4. The van der Waals surface area contributed by atoms with Gasteiger partial charge in [0.2, 0.25) is 5.91 Å². The number of fused-ring (bicyclic) bond motifs is 1. The fourth-order valence-electron chi connectivity index (χ4n) is 3.44. The molecule has 1 aromatic heterocycles. The molecule has 0 bridgehead atoms. The van der Waals surface area contributed by atoms with E-state index in [4.69, 9.17) is 11.6 Å². The Kier molecular flexibility index (Phi) is 10.9. The Morgan fingerprint density at radius 2 is 2.00 bits per heavy atom. The molecule has 0 saturated heterocycles. The standard InChI is InChI=1S/C24H23ClFN3O3S2.C2H4.CH4/c1-24(2,32)13-33-15-8-7-14(17(26)12-15)11-20(30)28-23-27-18-9-10-29(22(31)21(18)34-23)19-6-4-3-5-16(19)25;1-2;/h3-8,12,32H,9-11,13H2,1-2H3,(H,27,28,30);1-2H2;1H4. The molecule has 1 aliphatic heterocycles. The predicted octanol–water partition coefficient (Wildman–Crippen LogP) is 6.62. The average Bonchev–Trinajstić information content (AvgIpc) is 3.24. The van der Waals surface area contributed by atoms with Crippen LogP contribution >= 0.6 is 34.7 Å². The number of carbonyl (C=O) groups is 2. The molecule has 2 aromatic carbocycles. The summed E-state index contributed by atoms with van der Waals surface area (Å²) in [6.07, 6.45) is 0.378. The Bertz CT molecular complexity index is 1260. The molecule has 198 valence electrons. The lowest BCUT2D eigenvalue weighted by Crippen LogP contribution is -2.37. The molecule has 0 unspecified atom stereocenters. The number of hydrogen-bond acceptors (Lipinski definition) is 6. The molecule has 37 heavy (non-hydrogen) atoms. The molecule has 0 spiro atoms. The van der Waals surface area contributed by atoms with Crippen LogP contribution < -0.4 is 10.2 Å². The topological polar surface area (TPSA) is 82.5 Å². The van der Waals surface area contributed by atoms with E-state index >= 15 is 0 Å². The van der Waals surface area contributed by atoms with Gasteiger partial charge < -0.3 is 15.3 Å². The monoisotopic (exact) mass is 563 g/mol. The van der Waals surface area contributed by atoms with Crippen LogP contribution in [0, 0.1) is 5.82 Å². The van der Waals surface area contributed by atoms with E-state index in [2.05, 4.69) is 23.5 Å². The van der Waals surface area contributed by atoms with Crippen molar-refractivity contribution in [3.63, 3.8) is 0 Å². The lowest BCUT2D eigenvalue weighted by Gasteiger charge is -2.26. The minimum atomic E-state index is -0.863. The summed E-state index contributed by atoms with van der Waals surface area (Å²) in [5.74, 6) is -0.692. The largest absolute Gasteiger partial charge is 0.390 e. The number of anilines is 2. The fourth-order valence-corrected chi connectivity index (χ4v) is 5.53. The van der Waals surface area contributed by atoms with Crippen molar-refractivity contribution in [3.8, 4) is 0 Å². The normalized spacial score (nSPS) is 12.7. The summed E-state index contributed by atoms with van der Waals surface area (Å²) in [4.78, 5) is 32.7. The molecular formula is C27H31ClFN3O3S2. The van der Waals surface area contributed by atoms with Crippen molar-refractivity contribution in [2.24, 2.45) is 0 Å². The number of benzene rings is 2. The second-order valence-corrected chi connectivity index (χ2v) is 11.0. The molecular weight excluding hydrogens is 533 g/mol. The first-order chi connectivity index (χ1) is 17.1. The second-order valence-electron chi connectivity index (χ2n) is 8.53. The van der Waals surface area contributed by atoms with Gasteiger partial charge in [-0.1, -0.05) is 48.6 Å². The van der Waals surface area contributed by atoms with E-state index in [1.165, 1.54) is 17.8 Å². The van der Waals surface area contributed by atoms with Crippen molar-refractivity contribution in [1.29, 1.82) is 0 Å². The number of para-hydroxylation sites is 1. The third kappa shape index (κ3) is 7.88. The number of nitrogens with one attached hydrogen (secondary N) is 1. The number of rotatable bonds is 7. The number of carbonyl (C=O) groups excluding carboxylic acids is 2. The molecule has 2 heterocycles. The molecule has 4 rings (SSSR count). The van der Waals surface area contributed by atoms with Crippen molar-refractivity contribution in [3.05, 3.63) is 82.6 Å². The lowest BCUT2D eigenvalue weighted by atomic mass is 10.1. The number of amides is 2. The van der Waals surface area contributed by atoms with E-state index in [0.29, 0.717) is 50.0 Å². The van der Waals surface area contributed by atoms with Crippen molar-refractivity contribution < 1.29 is 19.1 Å². The average molecular weight is 564 g/mol. The Morgan fingerprint density at radius 3 is 2.65 bits per heavy atom. The molecule has 0 atom stereocenters. The first kappa shape index (κ1) is 30.5. The van der Waals surface area contributed by atoms with Gasteiger partial charge in [0.05, 0.1) is 28.4 Å². The molecule has 0 fully saturated rings. The van der Waals surface area contributed by atoms with Crippen LogP contribution in [0.25, 0.3) is 0 Å². The van der Waals surface area contributed by atoms with Gasteiger partial charge in [-0.2, -0.15) is 0 Å². The molecule has 3 aromatic rings. The van der Waals surface area contributed by atoms with E-state index in [-0.39, 0.29) is 25.3 Å². The quantitative estimate of drug-likeness (QED) is 0.249. The zero-order chi connectivity index (χ0) is 26.5. The number of aliphatic hydroxyl groups is 1. The highest BCUT2D eigenvalue weighted by atomic mass is 35.5. The molecule has 0 radical (unpaired) electrons. The maximum atomic E-state index is 14.5. The third-order valence-corrected chi connectivity index (χ3v) is 7.82. The maximum absolute atomic E-state index is 14.5. The molecule has 2 amide bonds. The van der Waals surface area contributed by atoms with Gasteiger partial charge >= 0.3 is 0 Å². The highest BCUT2D eigenvalue weighted by Crippen LogP contribution is 2.34. The van der Waals surface area contributed by atoms with Crippen LogP contribution in [0.15, 0.2) is 60.5 Å². The SMILES string of the molecule is C.C=C.CC(C)(O)CSc1ccc(CC(=O)Nc2nc3c(s2)C(=O)N(c2ccccc2Cl)CC3)c(F)c1. The Balaban J connectivity index is 0.00000157. The minimum Gasteiger partial charge on any atom is -0.390 e. The maximum Gasteiger partial charge on any atom is 0.270 e. The molecule has 2 N–H and O–H groups in total. The van der Waals surface area contributed by atoms with Crippen LogP contribution in [0.1, 0.15) is 42.2 Å².